The zero-order valence-electron chi connectivity index (χ0n) is 15.0. The zero-order valence-corrected chi connectivity index (χ0v) is 15.0. The van der Waals surface area contributed by atoms with Crippen LogP contribution in [0.5, 0.6) is 0 Å². The molecule has 0 radical (unpaired) electrons. The first kappa shape index (κ1) is 17.7. The third kappa shape index (κ3) is 3.42. The topological polar surface area (TPSA) is 79.5 Å². The lowest BCUT2D eigenvalue weighted by Gasteiger charge is -2.20. The summed E-state index contributed by atoms with van der Waals surface area (Å²) < 4.78 is 18.1. The van der Waals surface area contributed by atoms with Crippen molar-refractivity contribution in [1.29, 1.82) is 0 Å². The molecule has 0 saturated carbocycles. The summed E-state index contributed by atoms with van der Waals surface area (Å²) >= 11 is 0. The number of hydrogen-bond acceptors (Lipinski definition) is 5. The van der Waals surface area contributed by atoms with Crippen molar-refractivity contribution >= 4 is 22.7 Å². The summed E-state index contributed by atoms with van der Waals surface area (Å²) in [4.78, 5) is 13.2. The minimum atomic E-state index is -0.986. The quantitative estimate of drug-likeness (QED) is 0.557. The van der Waals surface area contributed by atoms with Gasteiger partial charge in [-0.05, 0) is 63.4 Å². The van der Waals surface area contributed by atoms with Gasteiger partial charge in [0.05, 0.1) is 11.3 Å². The predicted molar refractivity (Wildman–Crippen MR) is 103 cm³/mol. The Bertz CT molecular complexity index is 1160. The van der Waals surface area contributed by atoms with Crippen LogP contribution in [0.4, 0.5) is 10.1 Å². The van der Waals surface area contributed by atoms with Gasteiger partial charge in [0, 0.05) is 13.6 Å². The molecule has 0 aliphatic heterocycles. The number of hydrogen-bond donors (Lipinski definition) is 1. The molecular weight excluding hydrogens is 361 g/mol. The number of carbonyl (C=O) groups is 1. The fourth-order valence-corrected chi connectivity index (χ4v) is 3.11. The molecule has 0 bridgehead atoms. The molecule has 4 rings (SSSR count). The van der Waals surface area contributed by atoms with Crippen molar-refractivity contribution in [3.8, 4) is 11.1 Å². The van der Waals surface area contributed by atoms with Crippen molar-refractivity contribution in [1.82, 2.24) is 10.3 Å². The fraction of sp³-hybridized carbons (Fsp3) is 0.0952. The van der Waals surface area contributed by atoms with Gasteiger partial charge in [-0.2, -0.15) is 0 Å². The summed E-state index contributed by atoms with van der Waals surface area (Å²) in [7, 11) is 1.89. The molecule has 28 heavy (non-hydrogen) atoms. The van der Waals surface area contributed by atoms with E-state index < -0.39 is 5.97 Å². The molecular formula is C21H16FN3O3. The lowest BCUT2D eigenvalue weighted by atomic mass is 10.0. The normalized spacial score (nSPS) is 10.9. The van der Waals surface area contributed by atoms with Crippen LogP contribution in [0.1, 0.15) is 15.9 Å². The van der Waals surface area contributed by atoms with E-state index in [1.54, 1.807) is 30.3 Å². The van der Waals surface area contributed by atoms with E-state index in [0.29, 0.717) is 17.6 Å². The van der Waals surface area contributed by atoms with Crippen LogP contribution in [0, 0.1) is 5.82 Å². The summed E-state index contributed by atoms with van der Waals surface area (Å²) in [6.07, 6.45) is 0. The maximum Gasteiger partial charge on any atom is 0.335 e. The number of aromatic nitrogens is 2. The molecule has 140 valence electrons. The number of fused-ring (bicyclic) bond motifs is 1. The number of nitrogens with zero attached hydrogens (tertiary/aromatic N) is 3. The Kier molecular flexibility index (Phi) is 4.49. The van der Waals surface area contributed by atoms with E-state index in [0.717, 1.165) is 22.4 Å². The van der Waals surface area contributed by atoms with Crippen LogP contribution in [-0.4, -0.2) is 28.4 Å². The van der Waals surface area contributed by atoms with Gasteiger partial charge in [-0.15, -0.1) is 0 Å². The Hall–Kier alpha value is -3.74. The first-order valence-electron chi connectivity index (χ1n) is 8.57. The Morgan fingerprint density at radius 3 is 2.61 bits per heavy atom. The molecule has 0 spiro atoms. The lowest BCUT2D eigenvalue weighted by molar-refractivity contribution is 0.0697. The van der Waals surface area contributed by atoms with Crippen LogP contribution in [0.15, 0.2) is 65.3 Å². The SMILES string of the molecule is CN(Cc1ccc(F)cc1)c1cc(-c2cccc(C(=O)O)c2)cc2nonc12. The van der Waals surface area contributed by atoms with E-state index in [1.165, 1.54) is 12.1 Å². The molecule has 0 saturated heterocycles. The molecule has 7 heteroatoms. The Labute approximate surface area is 159 Å². The molecule has 0 amide bonds. The molecule has 3 aromatic carbocycles. The number of benzene rings is 3. The summed E-state index contributed by atoms with van der Waals surface area (Å²) in [5, 5.41) is 17.2. The molecule has 0 aliphatic rings. The van der Waals surface area contributed by atoms with Crippen molar-refractivity contribution in [2.24, 2.45) is 0 Å². The average Bonchev–Trinajstić information content (AvgIpc) is 3.17. The van der Waals surface area contributed by atoms with Gasteiger partial charge in [0.2, 0.25) is 0 Å². The first-order chi connectivity index (χ1) is 13.5. The first-order valence-corrected chi connectivity index (χ1v) is 8.57. The van der Waals surface area contributed by atoms with Gasteiger partial charge in [-0.3, -0.25) is 0 Å². The van der Waals surface area contributed by atoms with E-state index in [2.05, 4.69) is 10.3 Å². The second kappa shape index (κ2) is 7.11. The third-order valence-corrected chi connectivity index (χ3v) is 4.53. The van der Waals surface area contributed by atoms with Crippen LogP contribution in [0.3, 0.4) is 0 Å². The number of aromatic carboxylic acids is 1. The van der Waals surface area contributed by atoms with Gasteiger partial charge in [0.1, 0.15) is 11.3 Å². The van der Waals surface area contributed by atoms with E-state index in [4.69, 9.17) is 4.63 Å². The van der Waals surface area contributed by atoms with Crippen molar-refractivity contribution in [2.75, 3.05) is 11.9 Å². The third-order valence-electron chi connectivity index (χ3n) is 4.53. The number of anilines is 1. The van der Waals surface area contributed by atoms with Crippen molar-refractivity contribution in [3.63, 3.8) is 0 Å². The van der Waals surface area contributed by atoms with E-state index in [9.17, 15) is 14.3 Å². The number of carboxylic acid groups (broad SMARTS) is 1. The fourth-order valence-electron chi connectivity index (χ4n) is 3.11. The largest absolute Gasteiger partial charge is 0.478 e. The molecule has 1 N–H and O–H groups in total. The van der Waals surface area contributed by atoms with Crippen molar-refractivity contribution in [3.05, 3.63) is 77.6 Å². The average molecular weight is 377 g/mol. The monoisotopic (exact) mass is 377 g/mol. The lowest BCUT2D eigenvalue weighted by Crippen LogP contribution is -2.17. The molecule has 0 fully saturated rings. The molecule has 4 aromatic rings. The van der Waals surface area contributed by atoms with Crippen LogP contribution in [0.25, 0.3) is 22.2 Å². The maximum absolute atomic E-state index is 13.2. The highest BCUT2D eigenvalue weighted by molar-refractivity contribution is 5.94. The van der Waals surface area contributed by atoms with Crippen LogP contribution >= 0.6 is 0 Å². The second-order valence-electron chi connectivity index (χ2n) is 6.50. The maximum atomic E-state index is 13.2. The van der Waals surface area contributed by atoms with Crippen LogP contribution in [-0.2, 0) is 6.54 Å². The molecule has 0 aliphatic carbocycles. The Morgan fingerprint density at radius 2 is 1.86 bits per heavy atom. The summed E-state index contributed by atoms with van der Waals surface area (Å²) in [5.41, 5.74) is 4.64. The number of carboxylic acids is 1. The summed E-state index contributed by atoms with van der Waals surface area (Å²) in [6.45, 7) is 0.529. The molecule has 1 heterocycles. The van der Waals surface area contributed by atoms with E-state index in [-0.39, 0.29) is 11.4 Å². The van der Waals surface area contributed by atoms with Gasteiger partial charge < -0.3 is 10.0 Å². The van der Waals surface area contributed by atoms with E-state index in [1.807, 2.05) is 30.1 Å². The van der Waals surface area contributed by atoms with Gasteiger partial charge in [-0.1, -0.05) is 24.3 Å². The smallest absolute Gasteiger partial charge is 0.335 e. The molecule has 0 atom stereocenters. The van der Waals surface area contributed by atoms with Gasteiger partial charge in [-0.25, -0.2) is 13.8 Å². The summed E-state index contributed by atoms with van der Waals surface area (Å²) in [5.74, 6) is -1.27. The zero-order chi connectivity index (χ0) is 19.7. The minimum Gasteiger partial charge on any atom is -0.478 e. The van der Waals surface area contributed by atoms with Crippen molar-refractivity contribution in [2.45, 2.75) is 6.54 Å². The van der Waals surface area contributed by atoms with Crippen LogP contribution in [0.2, 0.25) is 0 Å². The number of halogens is 1. The van der Waals surface area contributed by atoms with E-state index >= 15 is 0 Å². The van der Waals surface area contributed by atoms with Crippen molar-refractivity contribution < 1.29 is 18.9 Å². The molecule has 1 aromatic heterocycles. The van der Waals surface area contributed by atoms with Gasteiger partial charge >= 0.3 is 5.97 Å². The predicted octanol–water partition coefficient (Wildman–Crippen LogP) is 4.36. The highest BCUT2D eigenvalue weighted by atomic mass is 19.1. The van der Waals surface area contributed by atoms with Gasteiger partial charge in [0.25, 0.3) is 0 Å². The Morgan fingerprint density at radius 1 is 1.07 bits per heavy atom. The Balaban J connectivity index is 1.76. The molecule has 0 unspecified atom stereocenters. The molecule has 6 nitrogen and oxygen atoms in total. The van der Waals surface area contributed by atoms with Gasteiger partial charge in [0.15, 0.2) is 5.52 Å². The highest BCUT2D eigenvalue weighted by Crippen LogP contribution is 2.32. The minimum absolute atomic E-state index is 0.206. The standard InChI is InChI=1S/C21H16FN3O3/c1-25(12-13-5-7-17(22)8-6-13)19-11-16(10-18-20(19)24-28-23-18)14-3-2-4-15(9-14)21(26)27/h2-11H,12H2,1H3,(H,26,27). The number of rotatable bonds is 5. The van der Waals surface area contributed by atoms with Crippen LogP contribution < -0.4 is 4.90 Å². The summed E-state index contributed by atoms with van der Waals surface area (Å²) in [6, 6.07) is 16.7. The highest BCUT2D eigenvalue weighted by Gasteiger charge is 2.15. The second-order valence-corrected chi connectivity index (χ2v) is 6.50.